The number of hydrogen-bond acceptors (Lipinski definition) is 5. The number of fused-ring (bicyclic) bond motifs is 4. The van der Waals surface area contributed by atoms with Crippen molar-refractivity contribution in [3.8, 4) is 11.5 Å². The normalized spacial score (nSPS) is 25.7. The molecular weight excluding hydrogens is 402 g/mol. The van der Waals surface area contributed by atoms with Gasteiger partial charge in [0.2, 0.25) is 5.91 Å². The molecule has 1 saturated heterocycles. The van der Waals surface area contributed by atoms with Crippen molar-refractivity contribution in [1.82, 2.24) is 5.32 Å². The summed E-state index contributed by atoms with van der Waals surface area (Å²) in [6.45, 7) is 7.97. The summed E-state index contributed by atoms with van der Waals surface area (Å²) in [5, 5.41) is 1.55. The molecule has 1 fully saturated rings. The Balaban J connectivity index is 1.80. The number of benzene rings is 2. The van der Waals surface area contributed by atoms with E-state index in [4.69, 9.17) is 9.47 Å². The number of methoxy groups -OCH3 is 1. The van der Waals surface area contributed by atoms with Gasteiger partial charge < -0.3 is 14.8 Å². The summed E-state index contributed by atoms with van der Waals surface area (Å²) < 4.78 is 38.5. The van der Waals surface area contributed by atoms with Crippen LogP contribution in [-0.2, 0) is 20.0 Å². The summed E-state index contributed by atoms with van der Waals surface area (Å²) in [5.74, 6) is 0.0902. The highest BCUT2D eigenvalue weighted by atomic mass is 32.2. The molecule has 7 heteroatoms. The van der Waals surface area contributed by atoms with Gasteiger partial charge in [0.1, 0.15) is 11.5 Å². The third-order valence-electron chi connectivity index (χ3n) is 5.96. The van der Waals surface area contributed by atoms with E-state index in [1.165, 1.54) is 0 Å². The number of sulfone groups is 1. The molecule has 0 radical (unpaired) electrons. The van der Waals surface area contributed by atoms with Gasteiger partial charge in [0, 0.05) is 17.9 Å². The zero-order valence-corrected chi connectivity index (χ0v) is 18.7. The number of piperidine rings is 1. The van der Waals surface area contributed by atoms with E-state index in [-0.39, 0.29) is 10.3 Å². The lowest BCUT2D eigenvalue weighted by Gasteiger charge is -2.46. The third-order valence-corrected chi connectivity index (χ3v) is 8.10. The van der Waals surface area contributed by atoms with Crippen LogP contribution in [-0.4, -0.2) is 32.4 Å². The van der Waals surface area contributed by atoms with E-state index in [0.29, 0.717) is 23.5 Å². The van der Waals surface area contributed by atoms with Crippen LogP contribution in [0.4, 0.5) is 0 Å². The summed E-state index contributed by atoms with van der Waals surface area (Å²) >= 11 is 0. The topological polar surface area (TPSA) is 81.7 Å². The fourth-order valence-corrected chi connectivity index (χ4v) is 6.18. The SMILES string of the molecule is COc1ccc2c(c1)[C@@H]1C[C@](C)(NC(=O)[C@H]1S(=O)(=O)c1ccc(C(C)(C)C)cc1)O2. The lowest BCUT2D eigenvalue weighted by Crippen LogP contribution is -2.63. The van der Waals surface area contributed by atoms with Gasteiger partial charge in [-0.3, -0.25) is 4.79 Å². The van der Waals surface area contributed by atoms with Crippen molar-refractivity contribution in [3.05, 3.63) is 53.6 Å². The second-order valence-electron chi connectivity index (χ2n) is 9.28. The van der Waals surface area contributed by atoms with Crippen LogP contribution < -0.4 is 14.8 Å². The van der Waals surface area contributed by atoms with Gasteiger partial charge in [-0.25, -0.2) is 8.42 Å². The van der Waals surface area contributed by atoms with Gasteiger partial charge in [-0.2, -0.15) is 0 Å². The zero-order valence-electron chi connectivity index (χ0n) is 17.9. The van der Waals surface area contributed by atoms with E-state index in [2.05, 4.69) is 26.1 Å². The quantitative estimate of drug-likeness (QED) is 0.807. The van der Waals surface area contributed by atoms with Crippen molar-refractivity contribution >= 4 is 15.7 Å². The van der Waals surface area contributed by atoms with Crippen molar-refractivity contribution in [2.75, 3.05) is 7.11 Å². The predicted octanol–water partition coefficient (Wildman–Crippen LogP) is 3.55. The van der Waals surface area contributed by atoms with Crippen LogP contribution in [0.25, 0.3) is 0 Å². The van der Waals surface area contributed by atoms with Gasteiger partial charge in [-0.05, 0) is 48.2 Å². The minimum atomic E-state index is -3.92. The number of rotatable bonds is 3. The molecule has 6 nitrogen and oxygen atoms in total. The summed E-state index contributed by atoms with van der Waals surface area (Å²) in [7, 11) is -2.37. The van der Waals surface area contributed by atoms with E-state index < -0.39 is 32.6 Å². The first kappa shape index (κ1) is 20.7. The number of nitrogens with one attached hydrogen (secondary N) is 1. The molecule has 0 aliphatic carbocycles. The van der Waals surface area contributed by atoms with E-state index in [1.807, 2.05) is 12.1 Å². The minimum Gasteiger partial charge on any atom is -0.497 e. The molecule has 0 saturated carbocycles. The first-order valence-corrected chi connectivity index (χ1v) is 11.5. The third kappa shape index (κ3) is 3.35. The Morgan fingerprint density at radius 3 is 2.40 bits per heavy atom. The average molecular weight is 430 g/mol. The maximum Gasteiger partial charge on any atom is 0.242 e. The molecule has 2 heterocycles. The minimum absolute atomic E-state index is 0.0947. The first-order chi connectivity index (χ1) is 13.9. The van der Waals surface area contributed by atoms with Crippen LogP contribution in [0.5, 0.6) is 11.5 Å². The summed E-state index contributed by atoms with van der Waals surface area (Å²) in [6, 6.07) is 12.1. The molecular formula is C23H27NO5S. The number of carbonyl (C=O) groups excluding carboxylic acids is 1. The number of ether oxygens (including phenoxy) is 2. The second-order valence-corrected chi connectivity index (χ2v) is 11.3. The molecule has 0 unspecified atom stereocenters. The molecule has 2 aliphatic heterocycles. The molecule has 160 valence electrons. The lowest BCUT2D eigenvalue weighted by molar-refractivity contribution is -0.132. The van der Waals surface area contributed by atoms with E-state index in [0.717, 1.165) is 5.56 Å². The van der Waals surface area contributed by atoms with Gasteiger partial charge in [0.15, 0.2) is 20.8 Å². The van der Waals surface area contributed by atoms with E-state index in [9.17, 15) is 13.2 Å². The molecule has 2 aliphatic rings. The maximum atomic E-state index is 13.6. The van der Waals surface area contributed by atoms with Crippen LogP contribution in [0.2, 0.25) is 0 Å². The number of carbonyl (C=O) groups is 1. The van der Waals surface area contributed by atoms with Gasteiger partial charge in [-0.1, -0.05) is 32.9 Å². The van der Waals surface area contributed by atoms with Crippen molar-refractivity contribution < 1.29 is 22.7 Å². The largest absolute Gasteiger partial charge is 0.497 e. The molecule has 4 rings (SSSR count). The molecule has 30 heavy (non-hydrogen) atoms. The molecule has 0 aromatic heterocycles. The van der Waals surface area contributed by atoms with Gasteiger partial charge in [-0.15, -0.1) is 0 Å². The van der Waals surface area contributed by atoms with Crippen molar-refractivity contribution in [2.45, 2.75) is 61.3 Å². The maximum absolute atomic E-state index is 13.6. The standard InChI is InChI=1S/C23H27NO5S/c1-22(2,3)14-6-9-16(10-7-14)30(26,27)20-18-13-23(4,24-21(20)25)29-19-11-8-15(28-5)12-17(18)19/h6-12,18,20H,13H2,1-5H3,(H,24,25)/t18-,20-,23+/m0/s1. The highest BCUT2D eigenvalue weighted by Gasteiger charge is 2.54. The predicted molar refractivity (Wildman–Crippen MR) is 114 cm³/mol. The van der Waals surface area contributed by atoms with Gasteiger partial charge in [0.25, 0.3) is 0 Å². The molecule has 2 aromatic rings. The monoisotopic (exact) mass is 429 g/mol. The number of hydrogen-bond donors (Lipinski definition) is 1. The highest BCUT2D eigenvalue weighted by Crippen LogP contribution is 2.48. The average Bonchev–Trinajstić information content (AvgIpc) is 2.66. The molecule has 1 amide bonds. The zero-order chi connectivity index (χ0) is 21.9. The Kier molecular flexibility index (Phi) is 4.65. The summed E-state index contributed by atoms with van der Waals surface area (Å²) in [6.07, 6.45) is 0.364. The smallest absolute Gasteiger partial charge is 0.242 e. The molecule has 3 atom stereocenters. The van der Waals surface area contributed by atoms with Crippen molar-refractivity contribution in [1.29, 1.82) is 0 Å². The number of amides is 1. The second kappa shape index (κ2) is 6.74. The van der Waals surface area contributed by atoms with Crippen LogP contribution in [0, 0.1) is 0 Å². The summed E-state index contributed by atoms with van der Waals surface area (Å²) in [5.41, 5.74) is 0.679. The Labute approximate surface area is 177 Å². The fourth-order valence-electron chi connectivity index (χ4n) is 4.36. The molecule has 2 bridgehead atoms. The van der Waals surface area contributed by atoms with Crippen LogP contribution in [0.3, 0.4) is 0 Å². The molecule has 1 N–H and O–H groups in total. The fraction of sp³-hybridized carbons (Fsp3) is 0.435. The van der Waals surface area contributed by atoms with Crippen molar-refractivity contribution in [3.63, 3.8) is 0 Å². The van der Waals surface area contributed by atoms with Crippen molar-refractivity contribution in [2.24, 2.45) is 0 Å². The van der Waals surface area contributed by atoms with Crippen LogP contribution in [0.1, 0.15) is 51.2 Å². The van der Waals surface area contributed by atoms with E-state index >= 15 is 0 Å². The Bertz CT molecular complexity index is 1100. The van der Waals surface area contributed by atoms with Gasteiger partial charge >= 0.3 is 0 Å². The van der Waals surface area contributed by atoms with Crippen LogP contribution in [0.15, 0.2) is 47.4 Å². The first-order valence-electron chi connectivity index (χ1n) is 9.98. The van der Waals surface area contributed by atoms with Gasteiger partial charge in [0.05, 0.1) is 12.0 Å². The Morgan fingerprint density at radius 1 is 1.13 bits per heavy atom. The lowest BCUT2D eigenvalue weighted by atomic mass is 9.81. The Morgan fingerprint density at radius 2 is 1.80 bits per heavy atom. The summed E-state index contributed by atoms with van der Waals surface area (Å²) in [4.78, 5) is 13.2. The molecule has 0 spiro atoms. The van der Waals surface area contributed by atoms with E-state index in [1.54, 1.807) is 44.4 Å². The highest BCUT2D eigenvalue weighted by molar-refractivity contribution is 7.92. The Hall–Kier alpha value is -2.54. The molecule has 2 aromatic carbocycles. The van der Waals surface area contributed by atoms with Crippen LogP contribution >= 0.6 is 0 Å².